The molecule has 0 saturated heterocycles. The predicted octanol–water partition coefficient (Wildman–Crippen LogP) is 3.45. The van der Waals surface area contributed by atoms with E-state index in [0.717, 1.165) is 24.9 Å². The molecule has 0 radical (unpaired) electrons. The Balaban J connectivity index is 2.55. The van der Waals surface area contributed by atoms with E-state index in [1.165, 1.54) is 44.9 Å². The van der Waals surface area contributed by atoms with Gasteiger partial charge in [-0.1, -0.05) is 46.5 Å². The summed E-state index contributed by atoms with van der Waals surface area (Å²) < 4.78 is 0. The van der Waals surface area contributed by atoms with E-state index in [9.17, 15) is 0 Å². The third-order valence-electron chi connectivity index (χ3n) is 4.62. The van der Waals surface area contributed by atoms with Crippen molar-refractivity contribution in [1.29, 1.82) is 0 Å². The van der Waals surface area contributed by atoms with Gasteiger partial charge in [-0.05, 0) is 31.6 Å². The fourth-order valence-corrected chi connectivity index (χ4v) is 3.08. The summed E-state index contributed by atoms with van der Waals surface area (Å²) in [5, 5.41) is 3.91. The maximum atomic E-state index is 6.08. The minimum absolute atomic E-state index is 0.192. The fraction of sp³-hybridized carbons (Fsp3) is 1.00. The molecular weight excluding hydrogens is 208 g/mol. The molecule has 2 nitrogen and oxygen atoms in total. The molecule has 102 valence electrons. The number of nitrogens with two attached hydrogens (primary N) is 1. The molecule has 0 spiro atoms. The Kier molecular flexibility index (Phi) is 6.50. The van der Waals surface area contributed by atoms with Gasteiger partial charge in [-0.3, -0.25) is 0 Å². The molecule has 17 heavy (non-hydrogen) atoms. The molecule has 1 fully saturated rings. The minimum Gasteiger partial charge on any atom is -0.329 e. The van der Waals surface area contributed by atoms with Crippen molar-refractivity contribution in [2.45, 2.75) is 83.7 Å². The molecule has 1 aliphatic rings. The van der Waals surface area contributed by atoms with E-state index >= 15 is 0 Å². The normalized spacial score (nSPS) is 23.3. The minimum atomic E-state index is 0.192. The second-order valence-corrected chi connectivity index (χ2v) is 6.03. The Morgan fingerprint density at radius 3 is 2.35 bits per heavy atom. The van der Waals surface area contributed by atoms with Gasteiger partial charge in [0.05, 0.1) is 0 Å². The average molecular weight is 240 g/mol. The van der Waals surface area contributed by atoms with Crippen LogP contribution in [0, 0.1) is 5.92 Å². The first-order chi connectivity index (χ1) is 8.15. The van der Waals surface area contributed by atoms with Crippen molar-refractivity contribution < 1.29 is 0 Å². The molecule has 1 saturated carbocycles. The molecule has 0 amide bonds. The Morgan fingerprint density at radius 2 is 1.88 bits per heavy atom. The summed E-state index contributed by atoms with van der Waals surface area (Å²) in [7, 11) is 0. The van der Waals surface area contributed by atoms with Crippen LogP contribution in [0.3, 0.4) is 0 Å². The van der Waals surface area contributed by atoms with Crippen LogP contribution in [0.1, 0.15) is 72.1 Å². The maximum Gasteiger partial charge on any atom is 0.0306 e. The summed E-state index contributed by atoms with van der Waals surface area (Å²) in [5.41, 5.74) is 6.27. The lowest BCUT2D eigenvalue weighted by atomic mass is 9.82. The van der Waals surface area contributed by atoms with Gasteiger partial charge >= 0.3 is 0 Å². The van der Waals surface area contributed by atoms with Crippen molar-refractivity contribution in [2.24, 2.45) is 11.7 Å². The quantitative estimate of drug-likeness (QED) is 0.715. The van der Waals surface area contributed by atoms with Gasteiger partial charge in [0.25, 0.3) is 0 Å². The van der Waals surface area contributed by atoms with Crippen LogP contribution >= 0.6 is 0 Å². The van der Waals surface area contributed by atoms with Crippen molar-refractivity contribution in [3.63, 3.8) is 0 Å². The third kappa shape index (κ3) is 4.59. The van der Waals surface area contributed by atoms with Crippen LogP contribution in [-0.4, -0.2) is 18.1 Å². The fourth-order valence-electron chi connectivity index (χ4n) is 3.08. The van der Waals surface area contributed by atoms with Crippen molar-refractivity contribution in [3.8, 4) is 0 Å². The molecule has 1 aliphatic carbocycles. The van der Waals surface area contributed by atoms with Crippen molar-refractivity contribution in [1.82, 2.24) is 5.32 Å². The Hall–Kier alpha value is -0.0800. The van der Waals surface area contributed by atoms with Crippen LogP contribution in [0.2, 0.25) is 0 Å². The molecule has 2 heteroatoms. The largest absolute Gasteiger partial charge is 0.329 e. The number of nitrogens with one attached hydrogen (secondary N) is 1. The van der Waals surface area contributed by atoms with E-state index in [-0.39, 0.29) is 5.54 Å². The molecule has 0 aromatic rings. The standard InChI is InChI=1S/C15H32N2/c1-4-13(3)11-15(5-2,12-16)17-14-9-7-6-8-10-14/h13-14,17H,4-12,16H2,1-3H3. The van der Waals surface area contributed by atoms with Gasteiger partial charge in [0, 0.05) is 18.1 Å². The molecule has 1 rings (SSSR count). The smallest absolute Gasteiger partial charge is 0.0306 e. The second kappa shape index (κ2) is 7.38. The Bertz CT molecular complexity index is 193. The first kappa shape index (κ1) is 15.0. The molecule has 2 unspecified atom stereocenters. The lowest BCUT2D eigenvalue weighted by Crippen LogP contribution is -2.56. The molecule has 0 aromatic heterocycles. The molecule has 0 bridgehead atoms. The lowest BCUT2D eigenvalue weighted by Gasteiger charge is -2.40. The van der Waals surface area contributed by atoms with Crippen molar-refractivity contribution in [2.75, 3.05) is 6.54 Å². The van der Waals surface area contributed by atoms with Gasteiger partial charge in [0.2, 0.25) is 0 Å². The molecule has 3 N–H and O–H groups in total. The molecule has 0 heterocycles. The molecule has 0 aliphatic heterocycles. The molecule has 0 aromatic carbocycles. The van der Waals surface area contributed by atoms with Crippen LogP contribution in [0.15, 0.2) is 0 Å². The van der Waals surface area contributed by atoms with Gasteiger partial charge in [-0.25, -0.2) is 0 Å². The van der Waals surface area contributed by atoms with Crippen LogP contribution in [-0.2, 0) is 0 Å². The molecule has 2 atom stereocenters. The van der Waals surface area contributed by atoms with Gasteiger partial charge in [0.15, 0.2) is 0 Å². The summed E-state index contributed by atoms with van der Waals surface area (Å²) >= 11 is 0. The van der Waals surface area contributed by atoms with Crippen molar-refractivity contribution in [3.05, 3.63) is 0 Å². The van der Waals surface area contributed by atoms with Gasteiger partial charge < -0.3 is 11.1 Å². The average Bonchev–Trinajstić information content (AvgIpc) is 2.39. The highest BCUT2D eigenvalue weighted by atomic mass is 15.0. The van der Waals surface area contributed by atoms with Crippen LogP contribution in [0.5, 0.6) is 0 Å². The van der Waals surface area contributed by atoms with Crippen LogP contribution < -0.4 is 11.1 Å². The Labute approximate surface area is 108 Å². The van der Waals surface area contributed by atoms with E-state index in [1.807, 2.05) is 0 Å². The zero-order chi connectivity index (χ0) is 12.7. The number of hydrogen-bond donors (Lipinski definition) is 2. The Morgan fingerprint density at radius 1 is 1.24 bits per heavy atom. The second-order valence-electron chi connectivity index (χ2n) is 6.03. The summed E-state index contributed by atoms with van der Waals surface area (Å²) in [6.07, 6.45) is 10.6. The van der Waals surface area contributed by atoms with E-state index < -0.39 is 0 Å². The highest BCUT2D eigenvalue weighted by Crippen LogP contribution is 2.26. The summed E-state index contributed by atoms with van der Waals surface area (Å²) in [6, 6.07) is 0.719. The number of hydrogen-bond acceptors (Lipinski definition) is 2. The summed E-state index contributed by atoms with van der Waals surface area (Å²) in [4.78, 5) is 0. The first-order valence-electron chi connectivity index (χ1n) is 7.63. The van der Waals surface area contributed by atoms with Gasteiger partial charge in [0.1, 0.15) is 0 Å². The molecular formula is C15H32N2. The van der Waals surface area contributed by atoms with E-state index in [4.69, 9.17) is 5.73 Å². The highest BCUT2D eigenvalue weighted by molar-refractivity contribution is 4.92. The van der Waals surface area contributed by atoms with E-state index in [1.54, 1.807) is 0 Å². The first-order valence-corrected chi connectivity index (χ1v) is 7.63. The highest BCUT2D eigenvalue weighted by Gasteiger charge is 2.30. The summed E-state index contributed by atoms with van der Waals surface area (Å²) in [6.45, 7) is 7.69. The van der Waals surface area contributed by atoms with Gasteiger partial charge in [-0.2, -0.15) is 0 Å². The lowest BCUT2D eigenvalue weighted by molar-refractivity contribution is 0.205. The van der Waals surface area contributed by atoms with Crippen LogP contribution in [0.4, 0.5) is 0 Å². The van der Waals surface area contributed by atoms with Crippen molar-refractivity contribution >= 4 is 0 Å². The summed E-state index contributed by atoms with van der Waals surface area (Å²) in [5.74, 6) is 0.773. The van der Waals surface area contributed by atoms with Gasteiger partial charge in [-0.15, -0.1) is 0 Å². The topological polar surface area (TPSA) is 38.0 Å². The zero-order valence-corrected chi connectivity index (χ0v) is 12.1. The van der Waals surface area contributed by atoms with E-state index in [0.29, 0.717) is 0 Å². The zero-order valence-electron chi connectivity index (χ0n) is 12.1. The monoisotopic (exact) mass is 240 g/mol. The predicted molar refractivity (Wildman–Crippen MR) is 76.2 cm³/mol. The SMILES string of the molecule is CCC(C)CC(CC)(CN)NC1CCCCC1. The maximum absolute atomic E-state index is 6.08. The third-order valence-corrected chi connectivity index (χ3v) is 4.62. The van der Waals surface area contributed by atoms with E-state index in [2.05, 4.69) is 26.1 Å². The van der Waals surface area contributed by atoms with Crippen LogP contribution in [0.25, 0.3) is 0 Å². The number of rotatable bonds is 7.